The summed E-state index contributed by atoms with van der Waals surface area (Å²) in [6, 6.07) is 0. The Morgan fingerprint density at radius 3 is 2.89 bits per heavy atom. The van der Waals surface area contributed by atoms with Gasteiger partial charge >= 0.3 is 0 Å². The molecule has 2 aliphatic heterocycles. The molecule has 0 radical (unpaired) electrons. The minimum atomic E-state index is -0.221. The highest BCUT2D eigenvalue weighted by molar-refractivity contribution is 4.86. The smallest absolute Gasteiger partial charge is 0.168 e. The standard InChI is InChI=1S/C14H26N2O3/c1-15-8-12-9-16(6-7-17-12)10-13-11-18-14(19-13)4-2-3-5-14/h12-13,15H,2-11H2,1H3. The summed E-state index contributed by atoms with van der Waals surface area (Å²) in [5.74, 6) is -0.221. The minimum Gasteiger partial charge on any atom is -0.374 e. The van der Waals surface area contributed by atoms with Gasteiger partial charge in [0.1, 0.15) is 0 Å². The van der Waals surface area contributed by atoms with Gasteiger partial charge in [-0.25, -0.2) is 0 Å². The lowest BCUT2D eigenvalue weighted by Gasteiger charge is -2.34. The molecule has 3 aliphatic rings. The molecular weight excluding hydrogens is 244 g/mol. The molecule has 2 atom stereocenters. The fraction of sp³-hybridized carbons (Fsp3) is 1.00. The molecule has 5 nitrogen and oxygen atoms in total. The average molecular weight is 270 g/mol. The second kappa shape index (κ2) is 6.06. The Labute approximate surface area is 115 Å². The highest BCUT2D eigenvalue weighted by atomic mass is 16.7. The normalized spacial score (nSPS) is 35.2. The number of likely N-dealkylation sites (N-methyl/N-ethyl adjacent to an activating group) is 1. The fourth-order valence-corrected chi connectivity index (χ4v) is 3.47. The van der Waals surface area contributed by atoms with Crippen LogP contribution in [0.15, 0.2) is 0 Å². The molecule has 2 heterocycles. The van der Waals surface area contributed by atoms with Crippen LogP contribution in [-0.2, 0) is 14.2 Å². The lowest BCUT2D eigenvalue weighted by Crippen LogP contribution is -2.48. The van der Waals surface area contributed by atoms with Crippen molar-refractivity contribution in [2.45, 2.75) is 43.7 Å². The van der Waals surface area contributed by atoms with E-state index < -0.39 is 0 Å². The summed E-state index contributed by atoms with van der Waals surface area (Å²) < 4.78 is 17.9. The van der Waals surface area contributed by atoms with Crippen LogP contribution in [-0.4, -0.2) is 69.3 Å². The van der Waals surface area contributed by atoms with Crippen molar-refractivity contribution >= 4 is 0 Å². The summed E-state index contributed by atoms with van der Waals surface area (Å²) in [4.78, 5) is 2.45. The molecular formula is C14H26N2O3. The molecule has 0 aromatic heterocycles. The van der Waals surface area contributed by atoms with Gasteiger partial charge < -0.3 is 19.5 Å². The molecule has 0 bridgehead atoms. The summed E-state index contributed by atoms with van der Waals surface area (Å²) in [6.45, 7) is 5.48. The first-order valence-corrected chi connectivity index (χ1v) is 7.60. The Bertz CT molecular complexity index is 292. The maximum atomic E-state index is 6.19. The van der Waals surface area contributed by atoms with Crippen LogP contribution in [0.3, 0.4) is 0 Å². The molecule has 3 rings (SSSR count). The van der Waals surface area contributed by atoms with E-state index in [1.165, 1.54) is 12.8 Å². The molecule has 2 unspecified atom stereocenters. The maximum absolute atomic E-state index is 6.19. The third-order valence-corrected chi connectivity index (χ3v) is 4.40. The van der Waals surface area contributed by atoms with Gasteiger partial charge in [-0.1, -0.05) is 0 Å². The Kier molecular flexibility index (Phi) is 4.39. The van der Waals surface area contributed by atoms with E-state index in [9.17, 15) is 0 Å². The lowest BCUT2D eigenvalue weighted by molar-refractivity contribution is -0.164. The maximum Gasteiger partial charge on any atom is 0.168 e. The number of ether oxygens (including phenoxy) is 3. The van der Waals surface area contributed by atoms with Crippen molar-refractivity contribution in [3.05, 3.63) is 0 Å². The molecule has 2 saturated heterocycles. The van der Waals surface area contributed by atoms with E-state index in [2.05, 4.69) is 10.2 Å². The van der Waals surface area contributed by atoms with Crippen LogP contribution in [0, 0.1) is 0 Å². The van der Waals surface area contributed by atoms with Gasteiger partial charge in [0.05, 0.1) is 25.4 Å². The van der Waals surface area contributed by atoms with E-state index in [1.807, 2.05) is 7.05 Å². The van der Waals surface area contributed by atoms with E-state index in [0.29, 0.717) is 6.10 Å². The molecule has 1 saturated carbocycles. The van der Waals surface area contributed by atoms with Crippen molar-refractivity contribution in [3.63, 3.8) is 0 Å². The van der Waals surface area contributed by atoms with Crippen molar-refractivity contribution in [1.29, 1.82) is 0 Å². The molecule has 0 aromatic carbocycles. The second-order valence-electron chi connectivity index (χ2n) is 5.98. The third-order valence-electron chi connectivity index (χ3n) is 4.40. The average Bonchev–Trinajstić information content (AvgIpc) is 3.02. The lowest BCUT2D eigenvalue weighted by atomic mass is 10.2. The highest BCUT2D eigenvalue weighted by Crippen LogP contribution is 2.39. The Hall–Kier alpha value is -0.200. The van der Waals surface area contributed by atoms with Gasteiger partial charge in [0, 0.05) is 39.0 Å². The third kappa shape index (κ3) is 3.28. The van der Waals surface area contributed by atoms with E-state index in [4.69, 9.17) is 14.2 Å². The first kappa shape index (κ1) is 13.8. The Balaban J connectivity index is 1.46. The molecule has 5 heteroatoms. The van der Waals surface area contributed by atoms with Gasteiger partial charge in [-0.3, -0.25) is 4.90 Å². The van der Waals surface area contributed by atoms with Crippen LogP contribution in [0.4, 0.5) is 0 Å². The summed E-state index contributed by atoms with van der Waals surface area (Å²) >= 11 is 0. The number of morpholine rings is 1. The van der Waals surface area contributed by atoms with Gasteiger partial charge in [0.2, 0.25) is 0 Å². The van der Waals surface area contributed by atoms with Gasteiger partial charge in [0.25, 0.3) is 0 Å². The van der Waals surface area contributed by atoms with Crippen LogP contribution >= 0.6 is 0 Å². The Morgan fingerprint density at radius 1 is 1.26 bits per heavy atom. The predicted molar refractivity (Wildman–Crippen MR) is 72.1 cm³/mol. The van der Waals surface area contributed by atoms with E-state index >= 15 is 0 Å². The summed E-state index contributed by atoms with van der Waals surface area (Å²) in [6.07, 6.45) is 5.19. The zero-order valence-electron chi connectivity index (χ0n) is 11.9. The minimum absolute atomic E-state index is 0.221. The van der Waals surface area contributed by atoms with Crippen molar-refractivity contribution in [1.82, 2.24) is 10.2 Å². The number of hydrogen-bond donors (Lipinski definition) is 1. The van der Waals surface area contributed by atoms with Crippen LogP contribution < -0.4 is 5.32 Å². The SMILES string of the molecule is CNCC1CN(CC2COC3(CCCC3)O2)CCO1. The summed E-state index contributed by atoms with van der Waals surface area (Å²) in [7, 11) is 1.97. The van der Waals surface area contributed by atoms with E-state index in [-0.39, 0.29) is 11.9 Å². The number of nitrogens with zero attached hydrogens (tertiary/aromatic N) is 1. The molecule has 0 aromatic rings. The fourth-order valence-electron chi connectivity index (χ4n) is 3.47. The van der Waals surface area contributed by atoms with Crippen LogP contribution in [0.25, 0.3) is 0 Å². The first-order chi connectivity index (χ1) is 9.30. The Morgan fingerprint density at radius 2 is 2.11 bits per heavy atom. The van der Waals surface area contributed by atoms with Crippen molar-refractivity contribution in [3.8, 4) is 0 Å². The molecule has 1 N–H and O–H groups in total. The zero-order valence-corrected chi connectivity index (χ0v) is 11.9. The first-order valence-electron chi connectivity index (χ1n) is 7.60. The number of hydrogen-bond acceptors (Lipinski definition) is 5. The quantitative estimate of drug-likeness (QED) is 0.810. The predicted octanol–water partition coefficient (Wildman–Crippen LogP) is 0.592. The van der Waals surface area contributed by atoms with Crippen molar-refractivity contribution in [2.75, 3.05) is 46.4 Å². The van der Waals surface area contributed by atoms with E-state index in [1.54, 1.807) is 0 Å². The van der Waals surface area contributed by atoms with Gasteiger partial charge in [-0.2, -0.15) is 0 Å². The zero-order chi connectivity index (χ0) is 13.1. The van der Waals surface area contributed by atoms with Crippen LogP contribution in [0.5, 0.6) is 0 Å². The topological polar surface area (TPSA) is 43.0 Å². The van der Waals surface area contributed by atoms with Crippen molar-refractivity contribution < 1.29 is 14.2 Å². The van der Waals surface area contributed by atoms with Gasteiger partial charge in [-0.05, 0) is 19.9 Å². The van der Waals surface area contributed by atoms with Crippen molar-refractivity contribution in [2.24, 2.45) is 0 Å². The van der Waals surface area contributed by atoms with Gasteiger partial charge in [-0.15, -0.1) is 0 Å². The molecule has 1 spiro atoms. The van der Waals surface area contributed by atoms with Gasteiger partial charge in [0.15, 0.2) is 5.79 Å². The molecule has 3 fully saturated rings. The molecule has 0 amide bonds. The summed E-state index contributed by atoms with van der Waals surface area (Å²) in [5, 5.41) is 3.18. The molecule has 19 heavy (non-hydrogen) atoms. The summed E-state index contributed by atoms with van der Waals surface area (Å²) in [5.41, 5.74) is 0. The largest absolute Gasteiger partial charge is 0.374 e. The number of nitrogens with one attached hydrogen (secondary N) is 1. The van der Waals surface area contributed by atoms with E-state index in [0.717, 1.165) is 52.2 Å². The monoisotopic (exact) mass is 270 g/mol. The second-order valence-corrected chi connectivity index (χ2v) is 5.98. The molecule has 110 valence electrons. The number of rotatable bonds is 4. The van der Waals surface area contributed by atoms with Crippen LogP contribution in [0.1, 0.15) is 25.7 Å². The van der Waals surface area contributed by atoms with Crippen LogP contribution in [0.2, 0.25) is 0 Å². The highest BCUT2D eigenvalue weighted by Gasteiger charge is 2.44. The molecule has 1 aliphatic carbocycles.